The van der Waals surface area contributed by atoms with Crippen molar-refractivity contribution in [3.63, 3.8) is 0 Å². The topological polar surface area (TPSA) is 44.8 Å². The predicted molar refractivity (Wildman–Crippen MR) is 116 cm³/mol. The molecule has 5 nitrogen and oxygen atoms in total. The van der Waals surface area contributed by atoms with E-state index < -0.39 is 0 Å². The van der Waals surface area contributed by atoms with Crippen molar-refractivity contribution in [2.24, 2.45) is 0 Å². The van der Waals surface area contributed by atoms with E-state index in [0.717, 1.165) is 48.9 Å². The molecular formula is C22H28ClN3O2. The second kappa shape index (κ2) is 9.30. The summed E-state index contributed by atoms with van der Waals surface area (Å²) in [6.45, 7) is 9.93. The fourth-order valence-electron chi connectivity index (χ4n) is 3.48. The molecule has 0 spiro atoms. The maximum atomic E-state index is 12.7. The van der Waals surface area contributed by atoms with Crippen LogP contribution in [0.3, 0.4) is 0 Å². The number of rotatable bonds is 6. The highest BCUT2D eigenvalue weighted by molar-refractivity contribution is 6.31. The fraction of sp³-hybridized carbons (Fsp3) is 0.409. The average molecular weight is 402 g/mol. The van der Waals surface area contributed by atoms with Crippen LogP contribution in [-0.2, 0) is 4.79 Å². The normalized spacial score (nSPS) is 15.9. The zero-order valence-corrected chi connectivity index (χ0v) is 17.5. The van der Waals surface area contributed by atoms with Crippen LogP contribution in [0.2, 0.25) is 5.02 Å². The lowest BCUT2D eigenvalue weighted by Crippen LogP contribution is -2.53. The first-order chi connectivity index (χ1) is 13.5. The molecule has 6 heteroatoms. The number of carbonyl (C=O) groups excluding carboxylic acids is 1. The summed E-state index contributed by atoms with van der Waals surface area (Å²) in [5.41, 5.74) is 2.89. The Morgan fingerprint density at radius 1 is 1.18 bits per heavy atom. The highest BCUT2D eigenvalue weighted by Crippen LogP contribution is 2.29. The minimum Gasteiger partial charge on any atom is -0.492 e. The Hall–Kier alpha value is -2.24. The number of aryl methyl sites for hydroxylation is 1. The maximum absolute atomic E-state index is 12.7. The molecule has 1 aliphatic heterocycles. The molecule has 1 fully saturated rings. The van der Waals surface area contributed by atoms with Crippen molar-refractivity contribution in [2.75, 3.05) is 43.0 Å². The van der Waals surface area contributed by atoms with Gasteiger partial charge in [-0.25, -0.2) is 0 Å². The standard InChI is InChI=1S/C22H28ClN3O2/c1-4-28-21-8-6-5-7-20(21)26-13-11-25(12-14-26)17(3)22(27)24-19-15-18(23)10-9-16(19)2/h5-10,15,17H,4,11-14H2,1-3H3,(H,24,27)/t17-/m1/s1. The molecule has 0 saturated carbocycles. The van der Waals surface area contributed by atoms with Crippen LogP contribution in [0.25, 0.3) is 0 Å². The smallest absolute Gasteiger partial charge is 0.241 e. The SMILES string of the molecule is CCOc1ccccc1N1CCN([C@H](C)C(=O)Nc2cc(Cl)ccc2C)CC1. The Bertz CT molecular complexity index is 819. The Labute approximate surface area is 172 Å². The van der Waals surface area contributed by atoms with Gasteiger partial charge in [0.2, 0.25) is 5.91 Å². The van der Waals surface area contributed by atoms with Gasteiger partial charge in [0.15, 0.2) is 0 Å². The molecule has 0 radical (unpaired) electrons. The van der Waals surface area contributed by atoms with Gasteiger partial charge < -0.3 is 15.0 Å². The summed E-state index contributed by atoms with van der Waals surface area (Å²) < 4.78 is 5.76. The van der Waals surface area contributed by atoms with Crippen LogP contribution in [0.1, 0.15) is 19.4 Å². The number of ether oxygens (including phenoxy) is 1. The summed E-state index contributed by atoms with van der Waals surface area (Å²) in [6.07, 6.45) is 0. The quantitative estimate of drug-likeness (QED) is 0.788. The van der Waals surface area contributed by atoms with E-state index in [1.54, 1.807) is 6.07 Å². The largest absolute Gasteiger partial charge is 0.492 e. The number of hydrogen-bond acceptors (Lipinski definition) is 4. The van der Waals surface area contributed by atoms with E-state index in [-0.39, 0.29) is 11.9 Å². The van der Waals surface area contributed by atoms with Crippen molar-refractivity contribution >= 4 is 28.9 Å². The van der Waals surface area contributed by atoms with Gasteiger partial charge in [-0.1, -0.05) is 29.8 Å². The monoisotopic (exact) mass is 401 g/mol. The van der Waals surface area contributed by atoms with E-state index in [1.807, 2.05) is 51.1 Å². The number of nitrogens with zero attached hydrogens (tertiary/aromatic N) is 2. The van der Waals surface area contributed by atoms with E-state index in [4.69, 9.17) is 16.3 Å². The number of carbonyl (C=O) groups is 1. The lowest BCUT2D eigenvalue weighted by atomic mass is 10.1. The molecule has 0 aliphatic carbocycles. The second-order valence-corrected chi connectivity index (χ2v) is 7.48. The Balaban J connectivity index is 1.60. The summed E-state index contributed by atoms with van der Waals surface area (Å²) in [5, 5.41) is 3.64. The molecule has 0 bridgehead atoms. The van der Waals surface area contributed by atoms with E-state index in [9.17, 15) is 4.79 Å². The van der Waals surface area contributed by atoms with Gasteiger partial charge in [-0.15, -0.1) is 0 Å². The average Bonchev–Trinajstić information content (AvgIpc) is 2.71. The molecule has 150 valence electrons. The minimum atomic E-state index is -0.206. The van der Waals surface area contributed by atoms with E-state index in [2.05, 4.69) is 21.2 Å². The van der Waals surface area contributed by atoms with E-state index >= 15 is 0 Å². The van der Waals surface area contributed by atoms with Gasteiger partial charge in [-0.3, -0.25) is 9.69 Å². The zero-order valence-electron chi connectivity index (χ0n) is 16.7. The molecular weight excluding hydrogens is 374 g/mol. The number of piperazine rings is 1. The number of para-hydroxylation sites is 2. The Morgan fingerprint density at radius 2 is 1.89 bits per heavy atom. The van der Waals surface area contributed by atoms with Gasteiger partial charge in [0.05, 0.1) is 18.3 Å². The number of benzene rings is 2. The lowest BCUT2D eigenvalue weighted by Gasteiger charge is -2.39. The van der Waals surface area contributed by atoms with Crippen molar-refractivity contribution in [1.82, 2.24) is 4.90 Å². The van der Waals surface area contributed by atoms with Crippen molar-refractivity contribution in [3.05, 3.63) is 53.1 Å². The molecule has 1 aliphatic rings. The summed E-state index contributed by atoms with van der Waals surface area (Å²) in [5.74, 6) is 0.911. The first-order valence-electron chi connectivity index (χ1n) is 9.77. The molecule has 2 aromatic rings. The molecule has 1 atom stereocenters. The summed E-state index contributed by atoms with van der Waals surface area (Å²) >= 11 is 6.06. The third-order valence-corrected chi connectivity index (χ3v) is 5.44. The first-order valence-corrected chi connectivity index (χ1v) is 10.1. The van der Waals surface area contributed by atoms with Crippen LogP contribution >= 0.6 is 11.6 Å². The van der Waals surface area contributed by atoms with Crippen LogP contribution in [0.15, 0.2) is 42.5 Å². The maximum Gasteiger partial charge on any atom is 0.241 e. The number of amides is 1. The van der Waals surface area contributed by atoms with Crippen molar-refractivity contribution in [2.45, 2.75) is 26.8 Å². The van der Waals surface area contributed by atoms with Gasteiger partial charge in [-0.2, -0.15) is 0 Å². The van der Waals surface area contributed by atoms with Crippen LogP contribution in [-0.4, -0.2) is 49.6 Å². The summed E-state index contributed by atoms with van der Waals surface area (Å²) in [4.78, 5) is 17.3. The van der Waals surface area contributed by atoms with Gasteiger partial charge >= 0.3 is 0 Å². The third kappa shape index (κ3) is 4.78. The number of nitrogens with one attached hydrogen (secondary N) is 1. The van der Waals surface area contributed by atoms with Crippen molar-refractivity contribution in [1.29, 1.82) is 0 Å². The van der Waals surface area contributed by atoms with Crippen LogP contribution in [0.4, 0.5) is 11.4 Å². The third-order valence-electron chi connectivity index (χ3n) is 5.20. The molecule has 0 unspecified atom stereocenters. The number of halogens is 1. The van der Waals surface area contributed by atoms with Gasteiger partial charge in [0.1, 0.15) is 5.75 Å². The van der Waals surface area contributed by atoms with Crippen LogP contribution in [0, 0.1) is 6.92 Å². The summed E-state index contributed by atoms with van der Waals surface area (Å²) in [6, 6.07) is 13.5. The first kappa shape index (κ1) is 20.5. The highest BCUT2D eigenvalue weighted by atomic mass is 35.5. The van der Waals surface area contributed by atoms with Gasteiger partial charge in [0, 0.05) is 36.9 Å². The number of anilines is 2. The molecule has 1 heterocycles. The molecule has 3 rings (SSSR count). The zero-order chi connectivity index (χ0) is 20.1. The molecule has 0 aromatic heterocycles. The van der Waals surface area contributed by atoms with Crippen LogP contribution in [0.5, 0.6) is 5.75 Å². The number of hydrogen-bond donors (Lipinski definition) is 1. The molecule has 1 N–H and O–H groups in total. The van der Waals surface area contributed by atoms with E-state index in [1.165, 1.54) is 0 Å². The van der Waals surface area contributed by atoms with Crippen molar-refractivity contribution in [3.8, 4) is 5.75 Å². The fourth-order valence-corrected chi connectivity index (χ4v) is 3.65. The van der Waals surface area contributed by atoms with Crippen molar-refractivity contribution < 1.29 is 9.53 Å². The predicted octanol–water partition coefficient (Wildman–Crippen LogP) is 4.20. The minimum absolute atomic E-state index is 0.00599. The van der Waals surface area contributed by atoms with E-state index in [0.29, 0.717) is 11.6 Å². The summed E-state index contributed by atoms with van der Waals surface area (Å²) in [7, 11) is 0. The Morgan fingerprint density at radius 3 is 2.61 bits per heavy atom. The highest BCUT2D eigenvalue weighted by Gasteiger charge is 2.27. The van der Waals surface area contributed by atoms with Crippen LogP contribution < -0.4 is 15.0 Å². The molecule has 2 aromatic carbocycles. The van der Waals surface area contributed by atoms with Gasteiger partial charge in [0.25, 0.3) is 0 Å². The molecule has 1 amide bonds. The molecule has 1 saturated heterocycles. The lowest BCUT2D eigenvalue weighted by molar-refractivity contribution is -0.120. The van der Waals surface area contributed by atoms with Gasteiger partial charge in [-0.05, 0) is 50.6 Å². The Kier molecular flexibility index (Phi) is 6.81. The molecule has 28 heavy (non-hydrogen) atoms. The second-order valence-electron chi connectivity index (χ2n) is 7.05.